The number of anilines is 2. The first kappa shape index (κ1) is 18.6. The van der Waals surface area contributed by atoms with E-state index in [9.17, 15) is 4.39 Å². The Hall–Kier alpha value is -2.46. The Balaban J connectivity index is 1.60. The first-order chi connectivity index (χ1) is 14.2. The van der Waals surface area contributed by atoms with Crippen LogP contribution in [0.2, 0.25) is 5.15 Å². The summed E-state index contributed by atoms with van der Waals surface area (Å²) in [4.78, 5) is 8.97. The van der Waals surface area contributed by atoms with E-state index in [1.165, 1.54) is 0 Å². The lowest BCUT2D eigenvalue weighted by Gasteiger charge is -2.27. The van der Waals surface area contributed by atoms with Gasteiger partial charge in [0.25, 0.3) is 5.88 Å². The number of nitrogens with zero attached hydrogens (tertiary/aromatic N) is 6. The van der Waals surface area contributed by atoms with Crippen LogP contribution in [-0.4, -0.2) is 55.5 Å². The number of rotatable bonds is 2. The van der Waals surface area contributed by atoms with E-state index >= 15 is 0 Å². The van der Waals surface area contributed by atoms with E-state index in [2.05, 4.69) is 25.5 Å². The van der Waals surface area contributed by atoms with E-state index in [0.717, 1.165) is 5.69 Å². The van der Waals surface area contributed by atoms with Crippen molar-refractivity contribution in [1.82, 2.24) is 29.5 Å². The monoisotopic (exact) mass is 421 g/mol. The molecule has 5 rings (SSSR count). The zero-order valence-electron chi connectivity index (χ0n) is 15.9. The van der Waals surface area contributed by atoms with E-state index in [4.69, 9.17) is 21.1 Å². The number of halogens is 2. The molecule has 9 nitrogen and oxygen atoms in total. The molecule has 3 aromatic rings. The minimum Gasteiger partial charge on any atom is -0.475 e. The molecular weight excluding hydrogens is 401 g/mol. The molecule has 0 aromatic carbocycles. The molecule has 1 fully saturated rings. The lowest BCUT2D eigenvalue weighted by Crippen LogP contribution is -2.32. The Bertz CT molecular complexity index is 1050. The van der Waals surface area contributed by atoms with Crippen LogP contribution in [0.5, 0.6) is 5.88 Å². The maximum Gasteiger partial charge on any atom is 0.257 e. The van der Waals surface area contributed by atoms with E-state index in [-0.39, 0.29) is 12.6 Å². The van der Waals surface area contributed by atoms with Gasteiger partial charge < -0.3 is 14.8 Å². The van der Waals surface area contributed by atoms with Gasteiger partial charge in [-0.25, -0.2) is 14.1 Å². The third-order valence-electron chi connectivity index (χ3n) is 5.31. The number of hydrogen-bond acceptors (Lipinski definition) is 7. The van der Waals surface area contributed by atoms with E-state index in [1.807, 2.05) is 6.92 Å². The Morgan fingerprint density at radius 3 is 3.07 bits per heavy atom. The molecule has 2 bridgehead atoms. The SMILES string of the molecule is CCc1c2c(nn1[C@H]1CCOC[C@@H]1F)OCCCn1nc(Cl)c3cnc(nc31)N2. The van der Waals surface area contributed by atoms with Gasteiger partial charge in [-0.15, -0.1) is 5.10 Å². The molecular formula is C18H21ClFN7O2. The van der Waals surface area contributed by atoms with Crippen LogP contribution in [0.1, 0.15) is 31.5 Å². The average Bonchev–Trinajstić information content (AvgIpc) is 3.22. The molecule has 11 heteroatoms. The summed E-state index contributed by atoms with van der Waals surface area (Å²) in [7, 11) is 0. The fraction of sp³-hybridized carbons (Fsp3) is 0.556. The van der Waals surface area contributed by atoms with Crippen LogP contribution in [0, 0.1) is 0 Å². The van der Waals surface area contributed by atoms with Gasteiger partial charge in [0.05, 0.1) is 30.3 Å². The van der Waals surface area contributed by atoms with E-state index in [0.29, 0.717) is 72.7 Å². The number of fused-ring (bicyclic) bond motifs is 2. The fourth-order valence-electron chi connectivity index (χ4n) is 3.89. The Morgan fingerprint density at radius 2 is 2.24 bits per heavy atom. The van der Waals surface area contributed by atoms with Crippen LogP contribution in [0.3, 0.4) is 0 Å². The van der Waals surface area contributed by atoms with Crippen molar-refractivity contribution in [3.63, 3.8) is 0 Å². The summed E-state index contributed by atoms with van der Waals surface area (Å²) in [6, 6.07) is -0.381. The Morgan fingerprint density at radius 1 is 1.34 bits per heavy atom. The number of aromatic nitrogens is 6. The number of alkyl halides is 1. The molecule has 2 atom stereocenters. The predicted octanol–water partition coefficient (Wildman–Crippen LogP) is 3.06. The summed E-state index contributed by atoms with van der Waals surface area (Å²) in [6.45, 7) is 3.63. The highest BCUT2D eigenvalue weighted by Crippen LogP contribution is 2.36. The topological polar surface area (TPSA) is 91.9 Å². The molecule has 3 aromatic heterocycles. The molecule has 0 unspecified atom stereocenters. The maximum atomic E-state index is 14.6. The second kappa shape index (κ2) is 7.42. The molecule has 2 aliphatic heterocycles. The summed E-state index contributed by atoms with van der Waals surface area (Å²) < 4.78 is 29.3. The third kappa shape index (κ3) is 3.20. The van der Waals surface area contributed by atoms with Crippen LogP contribution in [0.25, 0.3) is 11.0 Å². The molecule has 0 spiro atoms. The highest BCUT2D eigenvalue weighted by atomic mass is 35.5. The van der Waals surface area contributed by atoms with Crippen molar-refractivity contribution in [2.75, 3.05) is 25.1 Å². The first-order valence-electron chi connectivity index (χ1n) is 9.77. The second-order valence-electron chi connectivity index (χ2n) is 7.14. The second-order valence-corrected chi connectivity index (χ2v) is 7.50. The van der Waals surface area contributed by atoms with Crippen molar-refractivity contribution in [2.45, 2.75) is 44.9 Å². The minimum absolute atomic E-state index is 0.0805. The number of nitrogens with one attached hydrogen (secondary N) is 1. The molecule has 154 valence electrons. The summed E-state index contributed by atoms with van der Waals surface area (Å²) in [5.74, 6) is 0.821. The zero-order valence-corrected chi connectivity index (χ0v) is 16.7. The quantitative estimate of drug-likeness (QED) is 0.679. The number of hydrogen-bond donors (Lipinski definition) is 1. The van der Waals surface area contributed by atoms with Gasteiger partial charge >= 0.3 is 0 Å². The molecule has 1 N–H and O–H groups in total. The number of ether oxygens (including phenoxy) is 2. The van der Waals surface area contributed by atoms with Gasteiger partial charge in [-0.2, -0.15) is 10.1 Å². The smallest absolute Gasteiger partial charge is 0.257 e. The number of aryl methyl sites for hydroxylation is 1. The van der Waals surface area contributed by atoms with Crippen LogP contribution >= 0.6 is 11.6 Å². The van der Waals surface area contributed by atoms with Gasteiger partial charge in [0.15, 0.2) is 10.8 Å². The molecule has 0 radical (unpaired) electrons. The van der Waals surface area contributed by atoms with Gasteiger partial charge in [0.2, 0.25) is 5.95 Å². The van der Waals surface area contributed by atoms with Crippen LogP contribution in [0.15, 0.2) is 6.20 Å². The average molecular weight is 422 g/mol. The Labute approximate surface area is 171 Å². The lowest BCUT2D eigenvalue weighted by molar-refractivity contribution is -0.00118. The van der Waals surface area contributed by atoms with Gasteiger partial charge in [0.1, 0.15) is 11.9 Å². The molecule has 5 heterocycles. The van der Waals surface area contributed by atoms with Crippen molar-refractivity contribution < 1.29 is 13.9 Å². The van der Waals surface area contributed by atoms with E-state index < -0.39 is 6.17 Å². The maximum absolute atomic E-state index is 14.6. The van der Waals surface area contributed by atoms with Gasteiger partial charge in [-0.1, -0.05) is 18.5 Å². The third-order valence-corrected chi connectivity index (χ3v) is 5.59. The highest BCUT2D eigenvalue weighted by molar-refractivity contribution is 6.34. The largest absolute Gasteiger partial charge is 0.475 e. The molecule has 0 amide bonds. The summed E-state index contributed by atoms with van der Waals surface area (Å²) >= 11 is 6.21. The van der Waals surface area contributed by atoms with Crippen molar-refractivity contribution in [1.29, 1.82) is 0 Å². The van der Waals surface area contributed by atoms with Crippen LogP contribution in [0.4, 0.5) is 16.0 Å². The minimum atomic E-state index is -1.11. The highest BCUT2D eigenvalue weighted by Gasteiger charge is 2.32. The van der Waals surface area contributed by atoms with Gasteiger partial charge in [-0.3, -0.25) is 4.68 Å². The molecule has 0 saturated carbocycles. The zero-order chi connectivity index (χ0) is 20.0. The molecule has 2 aliphatic rings. The summed E-state index contributed by atoms with van der Waals surface area (Å²) in [5.41, 5.74) is 2.18. The van der Waals surface area contributed by atoms with Crippen molar-refractivity contribution in [3.05, 3.63) is 17.0 Å². The Kier molecular flexibility index (Phi) is 4.75. The van der Waals surface area contributed by atoms with Crippen molar-refractivity contribution in [2.24, 2.45) is 0 Å². The normalized spacial score (nSPS) is 22.0. The first-order valence-corrected chi connectivity index (χ1v) is 10.2. The molecule has 0 aliphatic carbocycles. The lowest BCUT2D eigenvalue weighted by atomic mass is 10.1. The molecule has 1 saturated heterocycles. The van der Waals surface area contributed by atoms with Crippen molar-refractivity contribution in [3.8, 4) is 5.88 Å². The predicted molar refractivity (Wildman–Crippen MR) is 105 cm³/mol. The summed E-state index contributed by atoms with van der Waals surface area (Å²) in [5, 5.41) is 13.3. The fourth-order valence-corrected chi connectivity index (χ4v) is 4.11. The van der Waals surface area contributed by atoms with Crippen LogP contribution < -0.4 is 10.1 Å². The van der Waals surface area contributed by atoms with Gasteiger partial charge in [-0.05, 0) is 12.8 Å². The van der Waals surface area contributed by atoms with E-state index in [1.54, 1.807) is 15.6 Å². The standard InChI is InChI=1S/C18H21ClFN7O2/c1-2-12-14-17(25-27(12)13-4-7-28-9-11(13)20)29-6-3-5-26-16-10(15(19)24-26)8-21-18(22-14)23-16/h8,11,13H,2-7,9H2,1H3,(H,21,22,23)/t11-,13-/m0/s1. The van der Waals surface area contributed by atoms with Crippen LogP contribution in [-0.2, 0) is 17.7 Å². The summed E-state index contributed by atoms with van der Waals surface area (Å²) in [6.07, 6.45) is 2.45. The van der Waals surface area contributed by atoms with Gasteiger partial charge in [0, 0.05) is 25.8 Å². The molecule has 29 heavy (non-hydrogen) atoms. The van der Waals surface area contributed by atoms with Crippen molar-refractivity contribution >= 4 is 34.3 Å².